The molecule has 0 spiro atoms. The lowest BCUT2D eigenvalue weighted by molar-refractivity contribution is 0.362. The first-order chi connectivity index (χ1) is 8.10. The third-order valence-corrected chi connectivity index (χ3v) is 3.90. The van der Waals surface area contributed by atoms with Gasteiger partial charge in [0.1, 0.15) is 0 Å². The van der Waals surface area contributed by atoms with Gasteiger partial charge in [-0.25, -0.2) is 0 Å². The highest BCUT2D eigenvalue weighted by Crippen LogP contribution is 2.32. The molecule has 1 rings (SSSR count). The van der Waals surface area contributed by atoms with Gasteiger partial charge in [-0.1, -0.05) is 38.4 Å². The van der Waals surface area contributed by atoms with Gasteiger partial charge in [0.15, 0.2) is 0 Å². The highest BCUT2D eigenvalue weighted by molar-refractivity contribution is 6.30. The molecular formula is C15H20ClN. The molecule has 0 bridgehead atoms. The average molecular weight is 250 g/mol. The number of nitriles is 1. The Balaban J connectivity index is 3.06. The third-order valence-electron chi connectivity index (χ3n) is 3.67. The second kappa shape index (κ2) is 6.07. The molecule has 0 fully saturated rings. The summed E-state index contributed by atoms with van der Waals surface area (Å²) in [6, 6.07) is 8.50. The van der Waals surface area contributed by atoms with Gasteiger partial charge in [-0.15, -0.1) is 0 Å². The van der Waals surface area contributed by atoms with Crippen LogP contribution in [0.15, 0.2) is 18.2 Å². The number of halogens is 1. The van der Waals surface area contributed by atoms with E-state index in [1.807, 2.05) is 12.1 Å². The van der Waals surface area contributed by atoms with Gasteiger partial charge >= 0.3 is 0 Å². The van der Waals surface area contributed by atoms with Gasteiger partial charge in [0.05, 0.1) is 11.5 Å². The van der Waals surface area contributed by atoms with Crippen molar-refractivity contribution in [2.24, 2.45) is 5.41 Å². The number of aryl methyl sites for hydroxylation is 1. The van der Waals surface area contributed by atoms with Gasteiger partial charge in [-0.2, -0.15) is 5.26 Å². The molecule has 0 heterocycles. The first kappa shape index (κ1) is 14.1. The molecule has 0 aliphatic rings. The highest BCUT2D eigenvalue weighted by atomic mass is 35.5. The van der Waals surface area contributed by atoms with Crippen molar-refractivity contribution in [2.45, 2.75) is 46.5 Å². The van der Waals surface area contributed by atoms with Crippen LogP contribution in [0.3, 0.4) is 0 Å². The van der Waals surface area contributed by atoms with Crippen LogP contribution < -0.4 is 0 Å². The fourth-order valence-electron chi connectivity index (χ4n) is 2.16. The zero-order chi connectivity index (χ0) is 12.9. The van der Waals surface area contributed by atoms with E-state index in [0.717, 1.165) is 30.7 Å². The van der Waals surface area contributed by atoms with Crippen molar-refractivity contribution in [3.8, 4) is 6.07 Å². The summed E-state index contributed by atoms with van der Waals surface area (Å²) < 4.78 is 0. The summed E-state index contributed by atoms with van der Waals surface area (Å²) in [6.07, 6.45) is 3.58. The second-order valence-electron chi connectivity index (χ2n) is 4.54. The normalized spacial score (nSPS) is 11.2. The summed E-state index contributed by atoms with van der Waals surface area (Å²) in [4.78, 5) is 0. The van der Waals surface area contributed by atoms with E-state index in [9.17, 15) is 5.26 Å². The van der Waals surface area contributed by atoms with Crippen LogP contribution in [0.5, 0.6) is 0 Å². The van der Waals surface area contributed by atoms with Crippen LogP contribution in [0, 0.1) is 16.7 Å². The molecule has 0 aliphatic heterocycles. The number of hydrogen-bond donors (Lipinski definition) is 0. The zero-order valence-electron chi connectivity index (χ0n) is 10.9. The van der Waals surface area contributed by atoms with Crippen molar-refractivity contribution in [3.05, 3.63) is 34.3 Å². The lowest BCUT2D eigenvalue weighted by atomic mass is 9.77. The quantitative estimate of drug-likeness (QED) is 0.737. The monoisotopic (exact) mass is 249 g/mol. The lowest BCUT2D eigenvalue weighted by Crippen LogP contribution is -2.20. The van der Waals surface area contributed by atoms with Gasteiger partial charge in [0.2, 0.25) is 0 Å². The topological polar surface area (TPSA) is 23.8 Å². The SMILES string of the molecule is CCc1cc(Cl)ccc1CC(C#N)(CC)CC. The Kier molecular flexibility index (Phi) is 5.02. The van der Waals surface area contributed by atoms with Crippen molar-refractivity contribution >= 4 is 11.6 Å². The van der Waals surface area contributed by atoms with E-state index in [1.54, 1.807) is 0 Å². The van der Waals surface area contributed by atoms with E-state index in [1.165, 1.54) is 11.1 Å². The molecule has 0 amide bonds. The molecule has 0 atom stereocenters. The summed E-state index contributed by atoms with van der Waals surface area (Å²) in [5.74, 6) is 0. The van der Waals surface area contributed by atoms with Gasteiger partial charge in [0.25, 0.3) is 0 Å². The molecule has 0 N–H and O–H groups in total. The van der Waals surface area contributed by atoms with Crippen molar-refractivity contribution < 1.29 is 0 Å². The fraction of sp³-hybridized carbons (Fsp3) is 0.533. The predicted octanol–water partition coefficient (Wildman–Crippen LogP) is 4.77. The summed E-state index contributed by atoms with van der Waals surface area (Å²) in [5.41, 5.74) is 2.30. The molecule has 2 heteroatoms. The number of benzene rings is 1. The van der Waals surface area contributed by atoms with Crippen LogP contribution in [-0.2, 0) is 12.8 Å². The van der Waals surface area contributed by atoms with Gasteiger partial charge < -0.3 is 0 Å². The average Bonchev–Trinajstić information content (AvgIpc) is 2.37. The summed E-state index contributed by atoms with van der Waals surface area (Å²) in [6.45, 7) is 6.31. The van der Waals surface area contributed by atoms with E-state index in [4.69, 9.17) is 11.6 Å². The molecule has 1 nitrogen and oxygen atoms in total. The van der Waals surface area contributed by atoms with E-state index in [2.05, 4.69) is 32.9 Å². The highest BCUT2D eigenvalue weighted by Gasteiger charge is 2.26. The Morgan fingerprint density at radius 2 is 1.82 bits per heavy atom. The van der Waals surface area contributed by atoms with Crippen LogP contribution in [-0.4, -0.2) is 0 Å². The lowest BCUT2D eigenvalue weighted by Gasteiger charge is -2.24. The van der Waals surface area contributed by atoms with Crippen LogP contribution >= 0.6 is 11.6 Å². The van der Waals surface area contributed by atoms with Crippen molar-refractivity contribution in [3.63, 3.8) is 0 Å². The predicted molar refractivity (Wildman–Crippen MR) is 73.2 cm³/mol. The molecule has 0 aromatic heterocycles. The molecule has 0 unspecified atom stereocenters. The number of nitrogens with zero attached hydrogens (tertiary/aromatic N) is 1. The molecule has 1 aromatic rings. The smallest absolute Gasteiger partial charge is 0.0693 e. The minimum atomic E-state index is -0.224. The zero-order valence-corrected chi connectivity index (χ0v) is 11.6. The summed E-state index contributed by atoms with van der Waals surface area (Å²) in [5, 5.41) is 10.2. The first-order valence-electron chi connectivity index (χ1n) is 6.29. The Labute approximate surface area is 109 Å². The molecule has 92 valence electrons. The maximum Gasteiger partial charge on any atom is 0.0693 e. The molecule has 0 aliphatic carbocycles. The maximum atomic E-state index is 9.38. The van der Waals surface area contributed by atoms with Crippen LogP contribution in [0.2, 0.25) is 5.02 Å². The van der Waals surface area contributed by atoms with E-state index in [0.29, 0.717) is 0 Å². The van der Waals surface area contributed by atoms with Gasteiger partial charge in [-0.05, 0) is 48.9 Å². The summed E-state index contributed by atoms with van der Waals surface area (Å²) in [7, 11) is 0. The van der Waals surface area contributed by atoms with Gasteiger partial charge in [0, 0.05) is 5.02 Å². The van der Waals surface area contributed by atoms with Crippen molar-refractivity contribution in [2.75, 3.05) is 0 Å². The second-order valence-corrected chi connectivity index (χ2v) is 4.98. The van der Waals surface area contributed by atoms with Crippen molar-refractivity contribution in [1.82, 2.24) is 0 Å². The third kappa shape index (κ3) is 3.23. The van der Waals surface area contributed by atoms with Crippen molar-refractivity contribution in [1.29, 1.82) is 5.26 Å². The summed E-state index contributed by atoms with van der Waals surface area (Å²) >= 11 is 6.00. The Bertz CT molecular complexity index is 413. The largest absolute Gasteiger partial charge is 0.198 e. The van der Waals surface area contributed by atoms with Gasteiger partial charge in [-0.3, -0.25) is 0 Å². The Morgan fingerprint density at radius 1 is 1.18 bits per heavy atom. The molecule has 0 saturated carbocycles. The molecular weight excluding hydrogens is 230 g/mol. The number of hydrogen-bond acceptors (Lipinski definition) is 1. The number of rotatable bonds is 5. The van der Waals surface area contributed by atoms with E-state index < -0.39 is 0 Å². The van der Waals surface area contributed by atoms with Crippen LogP contribution in [0.4, 0.5) is 0 Å². The Morgan fingerprint density at radius 3 is 2.29 bits per heavy atom. The van der Waals surface area contributed by atoms with E-state index >= 15 is 0 Å². The fourth-order valence-corrected chi connectivity index (χ4v) is 2.35. The van der Waals surface area contributed by atoms with E-state index in [-0.39, 0.29) is 5.41 Å². The minimum Gasteiger partial charge on any atom is -0.198 e. The molecule has 1 aromatic carbocycles. The molecule has 0 radical (unpaired) electrons. The Hall–Kier alpha value is -1.00. The van der Waals surface area contributed by atoms with Crippen LogP contribution in [0.25, 0.3) is 0 Å². The first-order valence-corrected chi connectivity index (χ1v) is 6.67. The minimum absolute atomic E-state index is 0.224. The molecule has 0 saturated heterocycles. The molecule has 17 heavy (non-hydrogen) atoms. The van der Waals surface area contributed by atoms with Crippen LogP contribution in [0.1, 0.15) is 44.7 Å². The maximum absolute atomic E-state index is 9.38. The standard InChI is InChI=1S/C15H20ClN/c1-4-12-9-14(16)8-7-13(12)10-15(5-2,6-3)11-17/h7-9H,4-6,10H2,1-3H3.